The van der Waals surface area contributed by atoms with Crippen LogP contribution in [0.25, 0.3) is 0 Å². The van der Waals surface area contributed by atoms with Gasteiger partial charge in [0.15, 0.2) is 0 Å². The van der Waals surface area contributed by atoms with Gasteiger partial charge in [0.05, 0.1) is 13.2 Å². The van der Waals surface area contributed by atoms with Crippen LogP contribution in [0.4, 0.5) is 4.79 Å². The van der Waals surface area contributed by atoms with Crippen molar-refractivity contribution >= 4 is 6.03 Å². The first-order valence-corrected chi connectivity index (χ1v) is 9.61. The predicted molar refractivity (Wildman–Crippen MR) is 107 cm³/mol. The third-order valence-corrected chi connectivity index (χ3v) is 5.03. The van der Waals surface area contributed by atoms with E-state index < -0.39 is 6.10 Å². The molecule has 1 fully saturated rings. The van der Waals surface area contributed by atoms with Gasteiger partial charge in [-0.3, -0.25) is 9.88 Å². The van der Waals surface area contributed by atoms with E-state index >= 15 is 0 Å². The molecule has 0 spiro atoms. The Labute approximate surface area is 165 Å². The fourth-order valence-electron chi connectivity index (χ4n) is 3.35. The third-order valence-electron chi connectivity index (χ3n) is 5.03. The van der Waals surface area contributed by atoms with Crippen molar-refractivity contribution in [3.63, 3.8) is 0 Å². The summed E-state index contributed by atoms with van der Waals surface area (Å²) in [7, 11) is 1.60. The van der Waals surface area contributed by atoms with Crippen molar-refractivity contribution in [2.45, 2.75) is 31.5 Å². The molecule has 150 valence electrons. The van der Waals surface area contributed by atoms with Crippen molar-refractivity contribution in [2.24, 2.45) is 0 Å². The average Bonchev–Trinajstić information content (AvgIpc) is 2.74. The van der Waals surface area contributed by atoms with Crippen LogP contribution in [0.2, 0.25) is 0 Å². The molecule has 7 nitrogen and oxygen atoms in total. The Morgan fingerprint density at radius 1 is 1.21 bits per heavy atom. The van der Waals surface area contributed by atoms with E-state index in [1.165, 1.54) is 5.56 Å². The zero-order valence-corrected chi connectivity index (χ0v) is 16.2. The number of carbonyl (C=O) groups is 1. The molecule has 0 bridgehead atoms. The molecule has 0 aliphatic carbocycles. The maximum atomic E-state index is 12.1. The lowest BCUT2D eigenvalue weighted by Crippen LogP contribution is -2.48. The lowest BCUT2D eigenvalue weighted by molar-refractivity contribution is 0.167. The van der Waals surface area contributed by atoms with Crippen LogP contribution in [-0.2, 0) is 6.54 Å². The quantitative estimate of drug-likeness (QED) is 0.680. The number of aliphatic hydroxyl groups is 1. The first-order chi connectivity index (χ1) is 13.6. The number of nitrogens with one attached hydrogen (secondary N) is 2. The fraction of sp³-hybridized carbons (Fsp3) is 0.429. The van der Waals surface area contributed by atoms with Gasteiger partial charge in [-0.1, -0.05) is 12.1 Å². The summed E-state index contributed by atoms with van der Waals surface area (Å²) < 4.78 is 5.10. The number of pyridine rings is 1. The summed E-state index contributed by atoms with van der Waals surface area (Å²) in [5.41, 5.74) is 2.00. The summed E-state index contributed by atoms with van der Waals surface area (Å²) >= 11 is 0. The van der Waals surface area contributed by atoms with Crippen molar-refractivity contribution in [2.75, 3.05) is 26.7 Å². The molecule has 3 N–H and O–H groups in total. The molecule has 2 amide bonds. The monoisotopic (exact) mass is 384 g/mol. The van der Waals surface area contributed by atoms with Crippen LogP contribution in [0, 0.1) is 0 Å². The van der Waals surface area contributed by atoms with Gasteiger partial charge in [-0.15, -0.1) is 0 Å². The highest BCUT2D eigenvalue weighted by molar-refractivity contribution is 5.74. The average molecular weight is 384 g/mol. The molecule has 1 atom stereocenters. The number of benzene rings is 1. The van der Waals surface area contributed by atoms with E-state index in [9.17, 15) is 9.90 Å². The summed E-state index contributed by atoms with van der Waals surface area (Å²) in [4.78, 5) is 18.6. The van der Waals surface area contributed by atoms with Crippen LogP contribution in [-0.4, -0.2) is 53.8 Å². The number of methoxy groups -OCH3 is 1. The zero-order valence-electron chi connectivity index (χ0n) is 16.2. The van der Waals surface area contributed by atoms with Gasteiger partial charge in [0, 0.05) is 44.6 Å². The van der Waals surface area contributed by atoms with Crippen molar-refractivity contribution in [1.82, 2.24) is 20.5 Å². The van der Waals surface area contributed by atoms with Gasteiger partial charge in [-0.25, -0.2) is 4.79 Å². The highest BCUT2D eigenvalue weighted by Gasteiger charge is 2.21. The van der Waals surface area contributed by atoms with E-state index in [-0.39, 0.29) is 18.6 Å². The summed E-state index contributed by atoms with van der Waals surface area (Å²) in [5, 5.41) is 16.0. The summed E-state index contributed by atoms with van der Waals surface area (Å²) in [6.45, 7) is 2.97. The van der Waals surface area contributed by atoms with Gasteiger partial charge >= 0.3 is 6.03 Å². The van der Waals surface area contributed by atoms with Crippen LogP contribution in [0.1, 0.15) is 30.1 Å². The zero-order chi connectivity index (χ0) is 19.8. The van der Waals surface area contributed by atoms with Crippen molar-refractivity contribution in [3.8, 4) is 5.75 Å². The number of hydrogen-bond acceptors (Lipinski definition) is 5. The SMILES string of the molecule is COc1ccc(C(O)CNC(=O)NC2CCN(Cc3ccncc3)CC2)cc1. The molecular weight excluding hydrogens is 356 g/mol. The number of nitrogens with zero attached hydrogens (tertiary/aromatic N) is 2. The molecule has 1 aliphatic heterocycles. The Balaban J connectivity index is 1.36. The Morgan fingerprint density at radius 3 is 2.54 bits per heavy atom. The van der Waals surface area contributed by atoms with E-state index in [1.54, 1.807) is 31.4 Å². The summed E-state index contributed by atoms with van der Waals surface area (Å²) in [5.74, 6) is 0.733. The standard InChI is InChI=1S/C21H28N4O3/c1-28-19-4-2-17(3-5-19)20(26)14-23-21(27)24-18-8-12-25(13-9-18)15-16-6-10-22-11-7-16/h2-7,10-11,18,20,26H,8-9,12-15H2,1H3,(H2,23,24,27). The second kappa shape index (κ2) is 10.1. The van der Waals surface area contributed by atoms with Gasteiger partial charge in [-0.2, -0.15) is 0 Å². The number of aromatic nitrogens is 1. The van der Waals surface area contributed by atoms with E-state index in [1.807, 2.05) is 24.5 Å². The normalized spacial score (nSPS) is 16.4. The van der Waals surface area contributed by atoms with E-state index in [0.29, 0.717) is 0 Å². The number of aliphatic hydroxyl groups excluding tert-OH is 1. The van der Waals surface area contributed by atoms with Gasteiger partial charge in [0.1, 0.15) is 5.75 Å². The molecule has 0 saturated carbocycles. The minimum Gasteiger partial charge on any atom is -0.497 e. The van der Waals surface area contributed by atoms with Crippen LogP contribution in [0.15, 0.2) is 48.8 Å². The van der Waals surface area contributed by atoms with Gasteiger partial charge < -0.3 is 20.5 Å². The smallest absolute Gasteiger partial charge is 0.315 e. The number of urea groups is 1. The van der Waals surface area contributed by atoms with E-state index in [0.717, 1.165) is 43.8 Å². The molecule has 1 aromatic carbocycles. The summed E-state index contributed by atoms with van der Waals surface area (Å²) in [6.07, 6.45) is 4.71. The molecule has 1 unspecified atom stereocenters. The minimum atomic E-state index is -0.751. The molecule has 3 rings (SSSR count). The fourth-order valence-corrected chi connectivity index (χ4v) is 3.35. The molecule has 0 radical (unpaired) electrons. The van der Waals surface area contributed by atoms with Crippen LogP contribution in [0.5, 0.6) is 5.75 Å². The topological polar surface area (TPSA) is 86.7 Å². The molecule has 1 aliphatic rings. The number of rotatable bonds is 7. The number of amides is 2. The van der Waals surface area contributed by atoms with Gasteiger partial charge in [0.25, 0.3) is 0 Å². The van der Waals surface area contributed by atoms with Crippen LogP contribution < -0.4 is 15.4 Å². The van der Waals surface area contributed by atoms with E-state index in [4.69, 9.17) is 4.74 Å². The first kappa shape index (κ1) is 20.1. The third kappa shape index (κ3) is 5.94. The molecule has 1 aromatic heterocycles. The van der Waals surface area contributed by atoms with Gasteiger partial charge in [-0.05, 0) is 48.2 Å². The second-order valence-electron chi connectivity index (χ2n) is 7.05. The highest BCUT2D eigenvalue weighted by Crippen LogP contribution is 2.17. The Bertz CT molecular complexity index is 731. The minimum absolute atomic E-state index is 0.159. The number of carbonyl (C=O) groups excluding carboxylic acids is 1. The Kier molecular flexibility index (Phi) is 7.22. The maximum absolute atomic E-state index is 12.1. The maximum Gasteiger partial charge on any atom is 0.315 e. The lowest BCUT2D eigenvalue weighted by Gasteiger charge is -2.32. The van der Waals surface area contributed by atoms with Crippen molar-refractivity contribution in [1.29, 1.82) is 0 Å². The Morgan fingerprint density at radius 2 is 1.89 bits per heavy atom. The number of piperidine rings is 1. The second-order valence-corrected chi connectivity index (χ2v) is 7.05. The molecular formula is C21H28N4O3. The van der Waals surface area contributed by atoms with E-state index in [2.05, 4.69) is 20.5 Å². The molecule has 28 heavy (non-hydrogen) atoms. The molecule has 2 aromatic rings. The number of ether oxygens (including phenoxy) is 1. The molecule has 1 saturated heterocycles. The number of hydrogen-bond donors (Lipinski definition) is 3. The van der Waals surface area contributed by atoms with Crippen LogP contribution >= 0.6 is 0 Å². The van der Waals surface area contributed by atoms with Crippen molar-refractivity contribution < 1.29 is 14.6 Å². The molecule has 2 heterocycles. The Hall–Kier alpha value is -2.64. The first-order valence-electron chi connectivity index (χ1n) is 9.61. The largest absolute Gasteiger partial charge is 0.497 e. The summed E-state index contributed by atoms with van der Waals surface area (Å²) in [6, 6.07) is 11.2. The number of likely N-dealkylation sites (tertiary alicyclic amines) is 1. The molecule has 7 heteroatoms. The highest BCUT2D eigenvalue weighted by atomic mass is 16.5. The van der Waals surface area contributed by atoms with Crippen LogP contribution in [0.3, 0.4) is 0 Å². The lowest BCUT2D eigenvalue weighted by atomic mass is 10.0. The van der Waals surface area contributed by atoms with Crippen molar-refractivity contribution in [3.05, 3.63) is 59.9 Å². The predicted octanol–water partition coefficient (Wildman–Crippen LogP) is 2.09. The van der Waals surface area contributed by atoms with Gasteiger partial charge in [0.2, 0.25) is 0 Å².